The largest absolute Gasteiger partial charge is 0.468 e. The maximum atomic E-state index is 11.8. The molecule has 0 aromatic heterocycles. The van der Waals surface area contributed by atoms with Crippen LogP contribution in [0.1, 0.15) is 53.4 Å². The van der Waals surface area contributed by atoms with Gasteiger partial charge in [-0.3, -0.25) is 4.79 Å². The molecular formula is C14H29NO2S. The van der Waals surface area contributed by atoms with E-state index in [0.29, 0.717) is 5.25 Å². The first kappa shape index (κ1) is 17.8. The van der Waals surface area contributed by atoms with Gasteiger partial charge in [0, 0.05) is 5.25 Å². The van der Waals surface area contributed by atoms with Crippen LogP contribution >= 0.6 is 11.8 Å². The van der Waals surface area contributed by atoms with Gasteiger partial charge in [-0.25, -0.2) is 0 Å². The zero-order valence-corrected chi connectivity index (χ0v) is 13.4. The maximum absolute atomic E-state index is 11.8. The molecule has 0 radical (unpaired) electrons. The van der Waals surface area contributed by atoms with Crippen molar-refractivity contribution >= 4 is 17.7 Å². The molecule has 0 heterocycles. The number of esters is 1. The smallest absolute Gasteiger partial charge is 0.325 e. The van der Waals surface area contributed by atoms with Gasteiger partial charge in [0.1, 0.15) is 5.54 Å². The molecule has 0 aliphatic heterocycles. The summed E-state index contributed by atoms with van der Waals surface area (Å²) in [6, 6.07) is 0. The molecule has 0 aliphatic rings. The summed E-state index contributed by atoms with van der Waals surface area (Å²) in [6.07, 6.45) is 4.10. The summed E-state index contributed by atoms with van der Waals surface area (Å²) < 4.78 is 4.90. The Hall–Kier alpha value is -0.220. The molecule has 0 aliphatic carbocycles. The topological polar surface area (TPSA) is 38.3 Å². The van der Waals surface area contributed by atoms with Crippen LogP contribution in [0.2, 0.25) is 0 Å². The second kappa shape index (κ2) is 9.68. The van der Waals surface area contributed by atoms with Gasteiger partial charge in [-0.15, -0.1) is 0 Å². The van der Waals surface area contributed by atoms with Crippen molar-refractivity contribution in [3.05, 3.63) is 0 Å². The van der Waals surface area contributed by atoms with E-state index < -0.39 is 5.54 Å². The molecule has 0 amide bonds. The van der Waals surface area contributed by atoms with E-state index >= 15 is 0 Å². The Labute approximate surface area is 116 Å². The van der Waals surface area contributed by atoms with Gasteiger partial charge in [0.2, 0.25) is 0 Å². The van der Waals surface area contributed by atoms with Gasteiger partial charge in [-0.05, 0) is 44.9 Å². The second-order valence-electron chi connectivity index (χ2n) is 4.94. The quantitative estimate of drug-likeness (QED) is 0.491. The molecule has 1 N–H and O–H groups in total. The van der Waals surface area contributed by atoms with Crippen LogP contribution in [0.15, 0.2) is 0 Å². The first-order valence-electron chi connectivity index (χ1n) is 6.95. The number of nitrogens with one attached hydrogen (secondary N) is 1. The van der Waals surface area contributed by atoms with Gasteiger partial charge in [0.05, 0.1) is 7.11 Å². The molecular weight excluding hydrogens is 246 g/mol. The SMILES string of the molecule is CCCNC(C)(CCCSC(C)CC)C(=O)OC. The third-order valence-electron chi connectivity index (χ3n) is 3.20. The average Bonchev–Trinajstić information content (AvgIpc) is 2.39. The summed E-state index contributed by atoms with van der Waals surface area (Å²) >= 11 is 1.98. The summed E-state index contributed by atoms with van der Waals surface area (Å²) in [5, 5.41) is 4.02. The maximum Gasteiger partial charge on any atom is 0.325 e. The van der Waals surface area contributed by atoms with Crippen molar-refractivity contribution < 1.29 is 9.53 Å². The van der Waals surface area contributed by atoms with Gasteiger partial charge >= 0.3 is 5.97 Å². The van der Waals surface area contributed by atoms with Gasteiger partial charge in [-0.1, -0.05) is 20.8 Å². The van der Waals surface area contributed by atoms with E-state index in [1.807, 2.05) is 18.7 Å². The highest BCUT2D eigenvalue weighted by Crippen LogP contribution is 2.20. The van der Waals surface area contributed by atoms with E-state index in [1.54, 1.807) is 0 Å². The fraction of sp³-hybridized carbons (Fsp3) is 0.929. The van der Waals surface area contributed by atoms with Gasteiger partial charge in [0.25, 0.3) is 0 Å². The van der Waals surface area contributed by atoms with Crippen LogP contribution in [-0.2, 0) is 9.53 Å². The van der Waals surface area contributed by atoms with Gasteiger partial charge in [-0.2, -0.15) is 11.8 Å². The number of carbonyl (C=O) groups excluding carboxylic acids is 1. The normalized spacial score (nSPS) is 16.1. The minimum atomic E-state index is -0.527. The lowest BCUT2D eigenvalue weighted by molar-refractivity contribution is -0.148. The monoisotopic (exact) mass is 275 g/mol. The van der Waals surface area contributed by atoms with Crippen LogP contribution in [0.4, 0.5) is 0 Å². The number of hydrogen-bond donors (Lipinski definition) is 1. The summed E-state index contributed by atoms with van der Waals surface area (Å²) in [6.45, 7) is 9.36. The van der Waals surface area contributed by atoms with Crippen molar-refractivity contribution in [2.24, 2.45) is 0 Å². The summed E-state index contributed by atoms with van der Waals surface area (Å²) in [4.78, 5) is 11.8. The zero-order valence-electron chi connectivity index (χ0n) is 12.5. The Balaban J connectivity index is 4.12. The number of ether oxygens (including phenoxy) is 1. The minimum absolute atomic E-state index is 0.149. The van der Waals surface area contributed by atoms with Crippen LogP contribution in [0.5, 0.6) is 0 Å². The molecule has 0 bridgehead atoms. The first-order chi connectivity index (χ1) is 8.50. The lowest BCUT2D eigenvalue weighted by atomic mass is 9.96. The highest BCUT2D eigenvalue weighted by atomic mass is 32.2. The summed E-state index contributed by atoms with van der Waals surface area (Å²) in [7, 11) is 1.46. The van der Waals surface area contributed by atoms with Crippen molar-refractivity contribution in [3.63, 3.8) is 0 Å². The van der Waals surface area contributed by atoms with E-state index in [-0.39, 0.29) is 5.97 Å². The molecule has 0 rings (SSSR count). The fourth-order valence-electron chi connectivity index (χ4n) is 1.72. The molecule has 108 valence electrons. The number of thioether (sulfide) groups is 1. The van der Waals surface area contributed by atoms with E-state index in [4.69, 9.17) is 4.74 Å². The van der Waals surface area contributed by atoms with Gasteiger partial charge in [0.15, 0.2) is 0 Å². The molecule has 0 fully saturated rings. The number of hydrogen-bond acceptors (Lipinski definition) is 4. The van der Waals surface area contributed by atoms with Crippen molar-refractivity contribution in [1.82, 2.24) is 5.32 Å². The summed E-state index contributed by atoms with van der Waals surface area (Å²) in [5.41, 5.74) is -0.527. The van der Waals surface area contributed by atoms with E-state index in [2.05, 4.69) is 26.1 Å². The Morgan fingerprint density at radius 3 is 2.61 bits per heavy atom. The Bertz CT molecular complexity index is 236. The fourth-order valence-corrected chi connectivity index (χ4v) is 2.67. The van der Waals surface area contributed by atoms with Crippen molar-refractivity contribution in [2.75, 3.05) is 19.4 Å². The highest BCUT2D eigenvalue weighted by molar-refractivity contribution is 7.99. The molecule has 2 unspecified atom stereocenters. The first-order valence-corrected chi connectivity index (χ1v) is 8.00. The average molecular weight is 275 g/mol. The summed E-state index contributed by atoms with van der Waals surface area (Å²) in [5.74, 6) is 0.958. The van der Waals surface area contributed by atoms with E-state index in [9.17, 15) is 4.79 Å². The van der Waals surface area contributed by atoms with E-state index in [0.717, 1.165) is 31.6 Å². The Morgan fingerprint density at radius 2 is 2.11 bits per heavy atom. The molecule has 0 spiro atoms. The molecule has 0 saturated heterocycles. The van der Waals surface area contributed by atoms with Gasteiger partial charge < -0.3 is 10.1 Å². The van der Waals surface area contributed by atoms with Crippen LogP contribution in [0, 0.1) is 0 Å². The van der Waals surface area contributed by atoms with Crippen LogP contribution in [0.25, 0.3) is 0 Å². The molecule has 2 atom stereocenters. The molecule has 0 aromatic rings. The Kier molecular flexibility index (Phi) is 9.56. The highest BCUT2D eigenvalue weighted by Gasteiger charge is 2.32. The predicted molar refractivity (Wildman–Crippen MR) is 80.2 cm³/mol. The predicted octanol–water partition coefficient (Wildman–Crippen LogP) is 3.23. The number of methoxy groups -OCH3 is 1. The minimum Gasteiger partial charge on any atom is -0.468 e. The van der Waals surface area contributed by atoms with Crippen LogP contribution in [-0.4, -0.2) is 36.2 Å². The molecule has 0 aromatic carbocycles. The van der Waals surface area contributed by atoms with Crippen molar-refractivity contribution in [2.45, 2.75) is 64.2 Å². The van der Waals surface area contributed by atoms with Crippen molar-refractivity contribution in [3.8, 4) is 0 Å². The number of rotatable bonds is 10. The van der Waals surface area contributed by atoms with Crippen LogP contribution < -0.4 is 5.32 Å². The Morgan fingerprint density at radius 1 is 1.44 bits per heavy atom. The molecule has 0 saturated carbocycles. The number of carbonyl (C=O) groups is 1. The lowest BCUT2D eigenvalue weighted by Crippen LogP contribution is -2.50. The molecule has 3 nitrogen and oxygen atoms in total. The van der Waals surface area contributed by atoms with Crippen molar-refractivity contribution in [1.29, 1.82) is 0 Å². The lowest BCUT2D eigenvalue weighted by Gasteiger charge is -2.28. The second-order valence-corrected chi connectivity index (χ2v) is 6.49. The zero-order chi connectivity index (χ0) is 14.0. The molecule has 4 heteroatoms. The van der Waals surface area contributed by atoms with E-state index in [1.165, 1.54) is 13.5 Å². The van der Waals surface area contributed by atoms with Crippen LogP contribution in [0.3, 0.4) is 0 Å². The molecule has 18 heavy (non-hydrogen) atoms. The third kappa shape index (κ3) is 6.64. The third-order valence-corrected chi connectivity index (χ3v) is 4.63. The standard InChI is InChI=1S/C14H29NO2S/c1-6-10-15-14(4,13(16)17-5)9-8-11-18-12(3)7-2/h12,15H,6-11H2,1-5H3.